The molecule has 106 valence electrons. The number of hydrogen-bond acceptors (Lipinski definition) is 4. The largest absolute Gasteiger partial charge is 0.497 e. The lowest BCUT2D eigenvalue weighted by molar-refractivity contribution is 0.0923. The van der Waals surface area contributed by atoms with Gasteiger partial charge in [0.1, 0.15) is 11.5 Å². The van der Waals surface area contributed by atoms with Gasteiger partial charge in [-0.1, -0.05) is 0 Å². The summed E-state index contributed by atoms with van der Waals surface area (Å²) in [4.78, 5) is 11.9. The van der Waals surface area contributed by atoms with E-state index in [1.807, 2.05) is 0 Å². The quantitative estimate of drug-likeness (QED) is 0.584. The SMILES string of the molecule is COc1cc(OC)cc(C(=O)NCCOCCCl)c1. The normalized spacial score (nSPS) is 10.1. The fourth-order valence-electron chi connectivity index (χ4n) is 1.43. The van der Waals surface area contributed by atoms with E-state index in [1.54, 1.807) is 18.2 Å². The van der Waals surface area contributed by atoms with Gasteiger partial charge >= 0.3 is 0 Å². The Kier molecular flexibility index (Phi) is 7.07. The van der Waals surface area contributed by atoms with Crippen molar-refractivity contribution in [3.63, 3.8) is 0 Å². The van der Waals surface area contributed by atoms with Crippen molar-refractivity contribution in [2.45, 2.75) is 0 Å². The van der Waals surface area contributed by atoms with Crippen LogP contribution in [0, 0.1) is 0 Å². The fourth-order valence-corrected chi connectivity index (χ4v) is 1.54. The molecule has 0 radical (unpaired) electrons. The van der Waals surface area contributed by atoms with Crippen molar-refractivity contribution < 1.29 is 19.0 Å². The first kappa shape index (κ1) is 15.6. The molecule has 0 aliphatic rings. The third-order valence-electron chi connectivity index (χ3n) is 2.37. The van der Waals surface area contributed by atoms with Crippen LogP contribution in [0.4, 0.5) is 0 Å². The summed E-state index contributed by atoms with van der Waals surface area (Å²) < 4.78 is 15.4. The molecule has 1 amide bonds. The highest BCUT2D eigenvalue weighted by Gasteiger charge is 2.09. The first-order chi connectivity index (χ1) is 9.21. The van der Waals surface area contributed by atoms with Crippen molar-refractivity contribution in [3.05, 3.63) is 23.8 Å². The minimum atomic E-state index is -0.202. The molecule has 0 unspecified atom stereocenters. The van der Waals surface area contributed by atoms with E-state index in [0.29, 0.717) is 42.7 Å². The maximum Gasteiger partial charge on any atom is 0.251 e. The van der Waals surface area contributed by atoms with Gasteiger partial charge in [0, 0.05) is 24.1 Å². The molecule has 0 heterocycles. The van der Waals surface area contributed by atoms with Gasteiger partial charge in [-0.25, -0.2) is 0 Å². The number of rotatable bonds is 8. The third-order valence-corrected chi connectivity index (χ3v) is 2.52. The standard InChI is InChI=1S/C13H18ClNO4/c1-17-11-7-10(8-12(9-11)18-2)13(16)15-4-6-19-5-3-14/h7-9H,3-6H2,1-2H3,(H,15,16). The summed E-state index contributed by atoms with van der Waals surface area (Å²) in [5.74, 6) is 1.39. The highest BCUT2D eigenvalue weighted by molar-refractivity contribution is 6.17. The molecule has 0 aliphatic carbocycles. The van der Waals surface area contributed by atoms with Gasteiger partial charge in [-0.15, -0.1) is 11.6 Å². The number of ether oxygens (including phenoxy) is 3. The first-order valence-corrected chi connectivity index (χ1v) is 6.39. The van der Waals surface area contributed by atoms with Crippen molar-refractivity contribution in [2.75, 3.05) is 39.9 Å². The lowest BCUT2D eigenvalue weighted by atomic mass is 10.2. The van der Waals surface area contributed by atoms with Crippen LogP contribution in [0.25, 0.3) is 0 Å². The molecular weight excluding hydrogens is 270 g/mol. The maximum absolute atomic E-state index is 11.9. The van der Waals surface area contributed by atoms with Gasteiger partial charge < -0.3 is 19.5 Å². The molecule has 0 aliphatic heterocycles. The number of hydrogen-bond donors (Lipinski definition) is 1. The lowest BCUT2D eigenvalue weighted by Gasteiger charge is -2.09. The molecule has 19 heavy (non-hydrogen) atoms. The van der Waals surface area contributed by atoms with Crippen LogP contribution >= 0.6 is 11.6 Å². The monoisotopic (exact) mass is 287 g/mol. The molecule has 5 nitrogen and oxygen atoms in total. The van der Waals surface area contributed by atoms with Crippen LogP contribution in [-0.4, -0.2) is 45.8 Å². The molecule has 0 aromatic heterocycles. The summed E-state index contributed by atoms with van der Waals surface area (Å²) in [5, 5.41) is 2.74. The van der Waals surface area contributed by atoms with Gasteiger partial charge in [0.25, 0.3) is 5.91 Å². The van der Waals surface area contributed by atoms with Crippen LogP contribution < -0.4 is 14.8 Å². The number of alkyl halides is 1. The Hall–Kier alpha value is -1.46. The van der Waals surface area contributed by atoms with Crippen LogP contribution in [0.2, 0.25) is 0 Å². The molecule has 1 aromatic carbocycles. The molecule has 1 N–H and O–H groups in total. The first-order valence-electron chi connectivity index (χ1n) is 5.86. The van der Waals surface area contributed by atoms with Gasteiger partial charge in [-0.2, -0.15) is 0 Å². The predicted molar refractivity (Wildman–Crippen MR) is 73.4 cm³/mol. The fraction of sp³-hybridized carbons (Fsp3) is 0.462. The van der Waals surface area contributed by atoms with E-state index in [4.69, 9.17) is 25.8 Å². The van der Waals surface area contributed by atoms with Gasteiger partial charge in [0.05, 0.1) is 27.4 Å². The zero-order valence-electron chi connectivity index (χ0n) is 11.1. The summed E-state index contributed by atoms with van der Waals surface area (Å²) >= 11 is 5.47. The van der Waals surface area contributed by atoms with Crippen molar-refractivity contribution in [2.24, 2.45) is 0 Å². The van der Waals surface area contributed by atoms with Crippen molar-refractivity contribution >= 4 is 17.5 Å². The average Bonchev–Trinajstić information content (AvgIpc) is 2.46. The number of halogens is 1. The number of benzene rings is 1. The third kappa shape index (κ3) is 5.36. The number of methoxy groups -OCH3 is 2. The summed E-state index contributed by atoms with van der Waals surface area (Å²) in [7, 11) is 3.08. The Morgan fingerprint density at radius 1 is 1.16 bits per heavy atom. The summed E-state index contributed by atoms with van der Waals surface area (Å²) in [6.07, 6.45) is 0. The molecule has 6 heteroatoms. The van der Waals surface area contributed by atoms with E-state index in [-0.39, 0.29) is 5.91 Å². The Morgan fingerprint density at radius 3 is 2.32 bits per heavy atom. The number of amides is 1. The molecular formula is C13H18ClNO4. The Balaban J connectivity index is 2.55. The molecule has 0 saturated carbocycles. The van der Waals surface area contributed by atoms with E-state index < -0.39 is 0 Å². The number of carbonyl (C=O) groups is 1. The van der Waals surface area contributed by atoms with Crippen molar-refractivity contribution in [1.82, 2.24) is 5.32 Å². The predicted octanol–water partition coefficient (Wildman–Crippen LogP) is 1.69. The van der Waals surface area contributed by atoms with E-state index in [1.165, 1.54) is 14.2 Å². The van der Waals surface area contributed by atoms with Gasteiger partial charge in [-0.05, 0) is 12.1 Å². The molecule has 0 spiro atoms. The van der Waals surface area contributed by atoms with E-state index in [2.05, 4.69) is 5.32 Å². The molecule has 0 saturated heterocycles. The molecule has 0 atom stereocenters. The molecule has 0 fully saturated rings. The second-order valence-electron chi connectivity index (χ2n) is 3.66. The van der Waals surface area contributed by atoms with Crippen LogP contribution in [0.1, 0.15) is 10.4 Å². The highest BCUT2D eigenvalue weighted by Crippen LogP contribution is 2.22. The van der Waals surface area contributed by atoms with E-state index in [0.717, 1.165) is 0 Å². The van der Waals surface area contributed by atoms with Gasteiger partial charge in [0.2, 0.25) is 0 Å². The van der Waals surface area contributed by atoms with Crippen LogP contribution in [0.5, 0.6) is 11.5 Å². The number of nitrogens with one attached hydrogen (secondary N) is 1. The zero-order chi connectivity index (χ0) is 14.1. The highest BCUT2D eigenvalue weighted by atomic mass is 35.5. The molecule has 0 bridgehead atoms. The Labute approximate surface area is 117 Å². The van der Waals surface area contributed by atoms with Crippen LogP contribution in [0.3, 0.4) is 0 Å². The lowest BCUT2D eigenvalue weighted by Crippen LogP contribution is -2.27. The smallest absolute Gasteiger partial charge is 0.251 e. The Bertz CT molecular complexity index is 389. The summed E-state index contributed by atoms with van der Waals surface area (Å²) in [6, 6.07) is 5.01. The summed E-state index contributed by atoms with van der Waals surface area (Å²) in [6.45, 7) is 1.33. The number of carbonyl (C=O) groups excluding carboxylic acids is 1. The van der Waals surface area contributed by atoms with Gasteiger partial charge in [0.15, 0.2) is 0 Å². The van der Waals surface area contributed by atoms with Crippen molar-refractivity contribution in [3.8, 4) is 11.5 Å². The molecule has 1 aromatic rings. The topological polar surface area (TPSA) is 56.8 Å². The summed E-state index contributed by atoms with van der Waals surface area (Å²) in [5.41, 5.74) is 0.480. The average molecular weight is 288 g/mol. The minimum absolute atomic E-state index is 0.202. The minimum Gasteiger partial charge on any atom is -0.497 e. The Morgan fingerprint density at radius 2 is 1.79 bits per heavy atom. The second kappa shape index (κ2) is 8.61. The van der Waals surface area contributed by atoms with Crippen molar-refractivity contribution in [1.29, 1.82) is 0 Å². The van der Waals surface area contributed by atoms with Gasteiger partial charge in [-0.3, -0.25) is 4.79 Å². The van der Waals surface area contributed by atoms with Crippen LogP contribution in [-0.2, 0) is 4.74 Å². The van der Waals surface area contributed by atoms with E-state index in [9.17, 15) is 4.79 Å². The second-order valence-corrected chi connectivity index (χ2v) is 4.04. The van der Waals surface area contributed by atoms with Crippen LogP contribution in [0.15, 0.2) is 18.2 Å². The zero-order valence-corrected chi connectivity index (χ0v) is 11.8. The van der Waals surface area contributed by atoms with E-state index >= 15 is 0 Å². The molecule has 1 rings (SSSR count). The maximum atomic E-state index is 11.9.